The molecule has 3 N–H and O–H groups in total. The number of anilines is 1. The number of nitrogens with zero attached hydrogens (tertiary/aromatic N) is 3. The third-order valence-corrected chi connectivity index (χ3v) is 5.86. The number of nitrogens with one attached hydrogen (secondary N) is 3. The van der Waals surface area contributed by atoms with Crippen molar-refractivity contribution in [3.63, 3.8) is 0 Å². The molecule has 172 valence electrons. The normalized spacial score (nSPS) is 11.3. The number of pyridine rings is 1. The van der Waals surface area contributed by atoms with Crippen molar-refractivity contribution < 1.29 is 4.79 Å². The molecule has 7 nitrogen and oxygen atoms in total. The predicted octanol–water partition coefficient (Wildman–Crippen LogP) is 5.61. The number of aromatic nitrogens is 3. The lowest BCUT2D eigenvalue weighted by molar-refractivity contribution is 0.251. The second-order valence-corrected chi connectivity index (χ2v) is 8.39. The van der Waals surface area contributed by atoms with E-state index in [4.69, 9.17) is 11.6 Å². The molecule has 3 rings (SSSR count). The van der Waals surface area contributed by atoms with Gasteiger partial charge in [-0.25, -0.2) is 14.8 Å². The van der Waals surface area contributed by atoms with Gasteiger partial charge in [-0.1, -0.05) is 38.3 Å². The molecule has 2 aromatic heterocycles. The van der Waals surface area contributed by atoms with Crippen LogP contribution in [0.5, 0.6) is 0 Å². The average molecular weight is 457 g/mol. The fraction of sp³-hybridized carbons (Fsp3) is 0.458. The van der Waals surface area contributed by atoms with Crippen molar-refractivity contribution in [3.8, 4) is 11.4 Å². The Morgan fingerprint density at radius 1 is 1.12 bits per heavy atom. The van der Waals surface area contributed by atoms with Gasteiger partial charge < -0.3 is 20.5 Å². The van der Waals surface area contributed by atoms with Crippen molar-refractivity contribution in [2.24, 2.45) is 0 Å². The fourth-order valence-corrected chi connectivity index (χ4v) is 3.85. The molecule has 8 heteroatoms. The minimum Gasteiger partial charge on any atom is -0.338 e. The summed E-state index contributed by atoms with van der Waals surface area (Å²) in [4.78, 5) is 26.8. The maximum atomic E-state index is 12.3. The number of H-pyrrole nitrogens is 1. The number of aryl methyl sites for hydroxylation is 1. The third kappa shape index (κ3) is 6.68. The Morgan fingerprint density at radius 2 is 1.91 bits per heavy atom. The zero-order chi connectivity index (χ0) is 22.9. The summed E-state index contributed by atoms with van der Waals surface area (Å²) in [7, 11) is 0. The molecule has 0 aliphatic carbocycles. The van der Waals surface area contributed by atoms with Crippen molar-refractivity contribution in [1.29, 1.82) is 0 Å². The second kappa shape index (κ2) is 11.8. The first-order valence-corrected chi connectivity index (χ1v) is 11.8. The summed E-state index contributed by atoms with van der Waals surface area (Å²) in [6.45, 7) is 10.4. The van der Waals surface area contributed by atoms with E-state index in [0.717, 1.165) is 43.6 Å². The molecule has 0 radical (unpaired) electrons. The highest BCUT2D eigenvalue weighted by Crippen LogP contribution is 2.30. The van der Waals surface area contributed by atoms with Gasteiger partial charge in [0.2, 0.25) is 0 Å². The summed E-state index contributed by atoms with van der Waals surface area (Å²) in [5.74, 6) is 0.622. The Kier molecular flexibility index (Phi) is 8.88. The Morgan fingerprint density at radius 3 is 2.69 bits per heavy atom. The van der Waals surface area contributed by atoms with E-state index in [0.29, 0.717) is 34.3 Å². The van der Waals surface area contributed by atoms with Crippen LogP contribution in [0.4, 0.5) is 10.5 Å². The molecule has 2 heterocycles. The molecule has 1 aromatic carbocycles. The molecule has 0 fully saturated rings. The van der Waals surface area contributed by atoms with E-state index in [1.54, 1.807) is 18.3 Å². The van der Waals surface area contributed by atoms with Gasteiger partial charge >= 0.3 is 6.03 Å². The van der Waals surface area contributed by atoms with E-state index in [9.17, 15) is 4.79 Å². The Hall–Kier alpha value is -2.64. The van der Waals surface area contributed by atoms with Crippen LogP contribution < -0.4 is 10.6 Å². The van der Waals surface area contributed by atoms with Crippen molar-refractivity contribution in [2.45, 2.75) is 46.5 Å². The summed E-state index contributed by atoms with van der Waals surface area (Å²) in [5, 5.41) is 6.36. The van der Waals surface area contributed by atoms with Crippen LogP contribution in [-0.2, 0) is 0 Å². The summed E-state index contributed by atoms with van der Waals surface area (Å²) < 4.78 is 0. The lowest BCUT2D eigenvalue weighted by atomic mass is 10.2. The molecule has 2 amide bonds. The smallest absolute Gasteiger partial charge is 0.319 e. The Balaban J connectivity index is 1.48. The van der Waals surface area contributed by atoms with Gasteiger partial charge in [0.15, 0.2) is 5.65 Å². The standard InChI is InChI=1S/C24H33ClN6O/c1-4-31(5-2)13-9-7-6-8-12-26-24(32)28-18-10-11-20(25)19(15-18)22-29-21-14-17(3)16-27-23(21)30-22/h10-11,14-16H,4-9,12-13H2,1-3H3,(H2,26,28,32)(H,27,29,30). The number of amides is 2. The average Bonchev–Trinajstić information content (AvgIpc) is 3.20. The molecule has 3 aromatic rings. The number of hydrogen-bond acceptors (Lipinski definition) is 4. The van der Waals surface area contributed by atoms with Crippen LogP contribution in [0.1, 0.15) is 45.1 Å². The zero-order valence-corrected chi connectivity index (χ0v) is 19.9. The molecule has 32 heavy (non-hydrogen) atoms. The molecule has 0 aliphatic rings. The molecular weight excluding hydrogens is 424 g/mol. The van der Waals surface area contributed by atoms with Gasteiger partial charge in [0.05, 0.1) is 10.5 Å². The monoisotopic (exact) mass is 456 g/mol. The summed E-state index contributed by atoms with van der Waals surface area (Å²) in [5.41, 5.74) is 3.91. The van der Waals surface area contributed by atoms with Crippen molar-refractivity contribution in [1.82, 2.24) is 25.2 Å². The van der Waals surface area contributed by atoms with Crippen LogP contribution in [0.25, 0.3) is 22.6 Å². The fourth-order valence-electron chi connectivity index (χ4n) is 3.65. The Bertz CT molecular complexity index is 1030. The van der Waals surface area contributed by atoms with Gasteiger partial charge in [0.25, 0.3) is 0 Å². The van der Waals surface area contributed by atoms with Gasteiger partial charge in [-0.2, -0.15) is 0 Å². The van der Waals surface area contributed by atoms with Crippen LogP contribution in [0.15, 0.2) is 30.5 Å². The van der Waals surface area contributed by atoms with Gasteiger partial charge in [0.1, 0.15) is 5.82 Å². The van der Waals surface area contributed by atoms with Crippen molar-refractivity contribution in [2.75, 3.05) is 31.5 Å². The maximum Gasteiger partial charge on any atom is 0.319 e. The minimum atomic E-state index is -0.219. The van der Waals surface area contributed by atoms with Gasteiger partial charge in [0, 0.05) is 24.0 Å². The predicted molar refractivity (Wildman–Crippen MR) is 132 cm³/mol. The van der Waals surface area contributed by atoms with Crippen LogP contribution in [0, 0.1) is 6.92 Å². The number of aromatic amines is 1. The van der Waals surface area contributed by atoms with Crippen LogP contribution >= 0.6 is 11.6 Å². The zero-order valence-electron chi connectivity index (χ0n) is 19.2. The number of hydrogen-bond donors (Lipinski definition) is 3. The number of carbonyl (C=O) groups excluding carboxylic acids is 1. The van der Waals surface area contributed by atoms with Gasteiger partial charge in [-0.3, -0.25) is 0 Å². The van der Waals surface area contributed by atoms with E-state index >= 15 is 0 Å². The Labute approximate surface area is 195 Å². The van der Waals surface area contributed by atoms with E-state index < -0.39 is 0 Å². The first-order valence-electron chi connectivity index (χ1n) is 11.4. The number of urea groups is 1. The number of carbonyl (C=O) groups is 1. The van der Waals surface area contributed by atoms with E-state index in [1.165, 1.54) is 12.8 Å². The van der Waals surface area contributed by atoms with E-state index in [2.05, 4.69) is 44.3 Å². The number of unbranched alkanes of at least 4 members (excludes halogenated alkanes) is 3. The SMILES string of the molecule is CCN(CC)CCCCCCNC(=O)Nc1ccc(Cl)c(-c2nc3ncc(C)cc3[nH]2)c1. The lowest BCUT2D eigenvalue weighted by Crippen LogP contribution is -2.29. The summed E-state index contributed by atoms with van der Waals surface area (Å²) in [6, 6.07) is 7.13. The molecule has 0 unspecified atom stereocenters. The molecular formula is C24H33ClN6O. The maximum absolute atomic E-state index is 12.3. The van der Waals surface area contributed by atoms with Gasteiger partial charge in [-0.15, -0.1) is 0 Å². The van der Waals surface area contributed by atoms with Crippen molar-refractivity contribution in [3.05, 3.63) is 41.0 Å². The molecule has 0 spiro atoms. The summed E-state index contributed by atoms with van der Waals surface area (Å²) in [6.07, 6.45) is 6.27. The molecule has 0 aliphatic heterocycles. The molecule has 0 atom stereocenters. The quantitative estimate of drug-likeness (QED) is 0.327. The lowest BCUT2D eigenvalue weighted by Gasteiger charge is -2.17. The first kappa shape index (κ1) is 24.0. The van der Waals surface area contributed by atoms with Gasteiger partial charge in [-0.05, 0) is 69.2 Å². The van der Waals surface area contributed by atoms with E-state index in [1.807, 2.05) is 19.1 Å². The van der Waals surface area contributed by atoms with E-state index in [-0.39, 0.29) is 6.03 Å². The number of imidazole rings is 1. The van der Waals surface area contributed by atoms with Crippen LogP contribution in [0.3, 0.4) is 0 Å². The van der Waals surface area contributed by atoms with Crippen molar-refractivity contribution >= 4 is 34.5 Å². The largest absolute Gasteiger partial charge is 0.338 e. The number of fused-ring (bicyclic) bond motifs is 1. The van der Waals surface area contributed by atoms with Crippen LogP contribution in [0.2, 0.25) is 5.02 Å². The minimum absolute atomic E-state index is 0.219. The highest BCUT2D eigenvalue weighted by atomic mass is 35.5. The summed E-state index contributed by atoms with van der Waals surface area (Å²) >= 11 is 6.40. The number of rotatable bonds is 11. The second-order valence-electron chi connectivity index (χ2n) is 7.99. The van der Waals surface area contributed by atoms with Crippen LogP contribution in [-0.4, -0.2) is 52.1 Å². The number of benzene rings is 1. The third-order valence-electron chi connectivity index (χ3n) is 5.53. The topological polar surface area (TPSA) is 85.9 Å². The highest BCUT2D eigenvalue weighted by Gasteiger charge is 2.12. The molecule has 0 saturated carbocycles. The first-order chi connectivity index (χ1) is 15.5. The number of halogens is 1. The molecule has 0 saturated heterocycles. The molecule has 0 bridgehead atoms. The highest BCUT2D eigenvalue weighted by molar-refractivity contribution is 6.33.